The average Bonchev–Trinajstić information content (AvgIpc) is 2.87. The Morgan fingerprint density at radius 3 is 2.45 bits per heavy atom. The number of aliphatic hydroxyl groups excluding tert-OH is 1. The maximum absolute atomic E-state index is 11.0. The lowest BCUT2D eigenvalue weighted by Crippen LogP contribution is -2.35. The summed E-state index contributed by atoms with van der Waals surface area (Å²) in [5.74, 6) is 0.722. The molecule has 3 unspecified atom stereocenters. The Bertz CT molecular complexity index is 483. The molecule has 0 aromatic heterocycles. The van der Waals surface area contributed by atoms with Crippen LogP contribution in [0.3, 0.4) is 0 Å². The van der Waals surface area contributed by atoms with Gasteiger partial charge in [0, 0.05) is 12.0 Å². The van der Waals surface area contributed by atoms with Crippen LogP contribution in [0.4, 0.5) is 0 Å². The van der Waals surface area contributed by atoms with E-state index >= 15 is 0 Å². The highest BCUT2D eigenvalue weighted by molar-refractivity contribution is 5.38. The summed E-state index contributed by atoms with van der Waals surface area (Å²) in [6.07, 6.45) is 4.08. The van der Waals surface area contributed by atoms with Gasteiger partial charge in [0.15, 0.2) is 0 Å². The Hall–Kier alpha value is -0.860. The summed E-state index contributed by atoms with van der Waals surface area (Å²) < 4.78 is 0. The van der Waals surface area contributed by atoms with Gasteiger partial charge in [0.25, 0.3) is 0 Å². The second-order valence-electron chi connectivity index (χ2n) is 6.78. The lowest BCUT2D eigenvalue weighted by atomic mass is 9.75. The number of nitrogens with two attached hydrogens (primary N) is 1. The molecule has 0 heterocycles. The summed E-state index contributed by atoms with van der Waals surface area (Å²) in [7, 11) is 0. The summed E-state index contributed by atoms with van der Waals surface area (Å²) in [4.78, 5) is 0. The van der Waals surface area contributed by atoms with Crippen molar-refractivity contribution in [3.63, 3.8) is 0 Å². The fourth-order valence-corrected chi connectivity index (χ4v) is 3.77. The van der Waals surface area contributed by atoms with Gasteiger partial charge in [-0.05, 0) is 68.2 Å². The Balaban J connectivity index is 2.34. The molecule has 0 bridgehead atoms. The molecule has 0 amide bonds. The Kier molecular flexibility index (Phi) is 4.55. The largest absolute Gasteiger partial charge is 0.388 e. The number of rotatable bonds is 4. The van der Waals surface area contributed by atoms with Crippen molar-refractivity contribution in [3.05, 3.63) is 34.4 Å². The van der Waals surface area contributed by atoms with Gasteiger partial charge in [-0.2, -0.15) is 0 Å². The van der Waals surface area contributed by atoms with E-state index in [-0.39, 0.29) is 5.41 Å². The van der Waals surface area contributed by atoms with Crippen LogP contribution in [-0.4, -0.2) is 11.7 Å². The zero-order chi connectivity index (χ0) is 14.9. The van der Waals surface area contributed by atoms with E-state index in [2.05, 4.69) is 39.8 Å². The van der Waals surface area contributed by atoms with Crippen molar-refractivity contribution in [3.8, 4) is 0 Å². The van der Waals surface area contributed by atoms with Gasteiger partial charge in [0.2, 0.25) is 0 Å². The Morgan fingerprint density at radius 1 is 1.25 bits per heavy atom. The predicted molar refractivity (Wildman–Crippen MR) is 84.7 cm³/mol. The zero-order valence-corrected chi connectivity index (χ0v) is 13.4. The van der Waals surface area contributed by atoms with E-state index in [4.69, 9.17) is 5.73 Å². The van der Waals surface area contributed by atoms with Crippen LogP contribution in [0.15, 0.2) is 12.1 Å². The topological polar surface area (TPSA) is 46.2 Å². The molecule has 0 aliphatic heterocycles. The van der Waals surface area contributed by atoms with Crippen molar-refractivity contribution in [2.45, 2.75) is 59.5 Å². The second kappa shape index (κ2) is 5.87. The molecular weight excluding hydrogens is 246 g/mol. The van der Waals surface area contributed by atoms with E-state index in [9.17, 15) is 5.11 Å². The number of benzene rings is 1. The quantitative estimate of drug-likeness (QED) is 0.878. The lowest BCUT2D eigenvalue weighted by molar-refractivity contribution is 0.0296. The van der Waals surface area contributed by atoms with Gasteiger partial charge in [-0.3, -0.25) is 0 Å². The molecule has 1 aliphatic carbocycles. The monoisotopic (exact) mass is 275 g/mol. The maximum atomic E-state index is 11.0. The van der Waals surface area contributed by atoms with Gasteiger partial charge >= 0.3 is 0 Å². The van der Waals surface area contributed by atoms with Crippen LogP contribution in [-0.2, 0) is 0 Å². The third-order valence-electron chi connectivity index (χ3n) is 5.49. The summed E-state index contributed by atoms with van der Waals surface area (Å²) in [5, 5.41) is 11.0. The first-order valence-corrected chi connectivity index (χ1v) is 7.89. The van der Waals surface area contributed by atoms with Gasteiger partial charge in [0.05, 0.1) is 6.10 Å². The molecule has 112 valence electrons. The van der Waals surface area contributed by atoms with Crippen LogP contribution < -0.4 is 5.73 Å². The van der Waals surface area contributed by atoms with E-state index in [1.165, 1.54) is 29.5 Å². The number of aliphatic hydroxyl groups is 1. The highest BCUT2D eigenvalue weighted by Crippen LogP contribution is 2.50. The fourth-order valence-electron chi connectivity index (χ4n) is 3.77. The standard InChI is InChI=1S/C18H29NO/c1-5-15-6-7-18(10-15,11-19)17(20)16-9-13(3)12(2)8-14(16)4/h8-9,15,17,20H,5-7,10-11,19H2,1-4H3. The maximum Gasteiger partial charge on any atom is 0.0861 e. The molecule has 0 radical (unpaired) electrons. The summed E-state index contributed by atoms with van der Waals surface area (Å²) in [6, 6.07) is 4.34. The molecule has 1 aromatic rings. The van der Waals surface area contributed by atoms with Gasteiger partial charge < -0.3 is 10.8 Å². The molecule has 1 fully saturated rings. The first-order valence-electron chi connectivity index (χ1n) is 7.89. The molecule has 2 nitrogen and oxygen atoms in total. The van der Waals surface area contributed by atoms with E-state index in [1.807, 2.05) is 0 Å². The molecule has 1 aliphatic rings. The van der Waals surface area contributed by atoms with Crippen molar-refractivity contribution in [1.82, 2.24) is 0 Å². The minimum absolute atomic E-state index is 0.118. The molecule has 0 spiro atoms. The van der Waals surface area contributed by atoms with Crippen LogP contribution in [0.1, 0.15) is 61.0 Å². The Morgan fingerprint density at radius 2 is 1.90 bits per heavy atom. The second-order valence-corrected chi connectivity index (χ2v) is 6.78. The van der Waals surface area contributed by atoms with Crippen LogP contribution >= 0.6 is 0 Å². The van der Waals surface area contributed by atoms with Crippen LogP contribution in [0.25, 0.3) is 0 Å². The van der Waals surface area contributed by atoms with Crippen LogP contribution in [0.2, 0.25) is 0 Å². The molecule has 3 N–H and O–H groups in total. The first kappa shape index (κ1) is 15.5. The van der Waals surface area contributed by atoms with Gasteiger partial charge in [0.1, 0.15) is 0 Å². The molecule has 2 rings (SSSR count). The van der Waals surface area contributed by atoms with Crippen molar-refractivity contribution in [1.29, 1.82) is 0 Å². The lowest BCUT2D eigenvalue weighted by Gasteiger charge is -2.35. The van der Waals surface area contributed by atoms with E-state index in [1.54, 1.807) is 0 Å². The number of aryl methyl sites for hydroxylation is 3. The van der Waals surface area contributed by atoms with Crippen molar-refractivity contribution < 1.29 is 5.11 Å². The smallest absolute Gasteiger partial charge is 0.0861 e. The van der Waals surface area contributed by atoms with Gasteiger partial charge in [-0.25, -0.2) is 0 Å². The van der Waals surface area contributed by atoms with Crippen molar-refractivity contribution in [2.75, 3.05) is 6.54 Å². The molecule has 3 atom stereocenters. The van der Waals surface area contributed by atoms with E-state index in [0.29, 0.717) is 6.54 Å². The molecule has 1 aromatic carbocycles. The van der Waals surface area contributed by atoms with Gasteiger partial charge in [-0.15, -0.1) is 0 Å². The summed E-state index contributed by atoms with van der Waals surface area (Å²) >= 11 is 0. The average molecular weight is 275 g/mol. The summed E-state index contributed by atoms with van der Waals surface area (Å²) in [6.45, 7) is 9.16. The zero-order valence-electron chi connectivity index (χ0n) is 13.4. The molecule has 0 saturated heterocycles. The van der Waals surface area contributed by atoms with Crippen molar-refractivity contribution in [2.24, 2.45) is 17.1 Å². The number of hydrogen-bond acceptors (Lipinski definition) is 2. The van der Waals surface area contributed by atoms with Crippen LogP contribution in [0.5, 0.6) is 0 Å². The van der Waals surface area contributed by atoms with Crippen LogP contribution in [0, 0.1) is 32.1 Å². The van der Waals surface area contributed by atoms with Crippen molar-refractivity contribution >= 4 is 0 Å². The minimum Gasteiger partial charge on any atom is -0.388 e. The van der Waals surface area contributed by atoms with E-state index in [0.717, 1.165) is 24.3 Å². The predicted octanol–water partition coefficient (Wildman–Crippen LogP) is 3.80. The number of hydrogen-bond donors (Lipinski definition) is 2. The first-order chi connectivity index (χ1) is 9.43. The molecular formula is C18H29NO. The highest BCUT2D eigenvalue weighted by atomic mass is 16.3. The Labute approximate surface area is 123 Å². The molecule has 2 heteroatoms. The SMILES string of the molecule is CCC1CCC(CN)(C(O)c2cc(C)c(C)cc2C)C1. The third kappa shape index (κ3) is 2.64. The molecule has 20 heavy (non-hydrogen) atoms. The highest BCUT2D eigenvalue weighted by Gasteiger charge is 2.44. The fraction of sp³-hybridized carbons (Fsp3) is 0.667. The normalized spacial score (nSPS) is 27.8. The summed E-state index contributed by atoms with van der Waals surface area (Å²) in [5.41, 5.74) is 10.8. The molecule has 1 saturated carbocycles. The minimum atomic E-state index is -0.427. The van der Waals surface area contributed by atoms with Gasteiger partial charge in [-0.1, -0.05) is 25.5 Å². The third-order valence-corrected chi connectivity index (χ3v) is 5.49. The van der Waals surface area contributed by atoms with E-state index < -0.39 is 6.10 Å².